The van der Waals surface area contributed by atoms with Gasteiger partial charge in [0.1, 0.15) is 5.82 Å². The molecule has 0 radical (unpaired) electrons. The van der Waals surface area contributed by atoms with Gasteiger partial charge < -0.3 is 5.73 Å². The number of fused-ring (bicyclic) bond motifs is 3. The van der Waals surface area contributed by atoms with E-state index in [1.165, 1.54) is 36.1 Å². The Hall–Kier alpha value is -2.46. The van der Waals surface area contributed by atoms with Crippen LogP contribution in [0.15, 0.2) is 48.5 Å². The minimum atomic E-state index is -0.223. The molecule has 1 aromatic heterocycles. The molecule has 0 saturated heterocycles. The highest BCUT2D eigenvalue weighted by Gasteiger charge is 2.36. The topological polar surface area (TPSA) is 43.8 Å². The smallest absolute Gasteiger partial charge is 0.123 e. The average molecular weight is 361 g/mol. The van der Waals surface area contributed by atoms with Crippen molar-refractivity contribution < 1.29 is 4.39 Å². The number of aryl methyl sites for hydroxylation is 1. The van der Waals surface area contributed by atoms with Crippen LogP contribution in [0.4, 0.5) is 4.39 Å². The molecule has 3 aromatic rings. The van der Waals surface area contributed by atoms with Crippen molar-refractivity contribution in [2.75, 3.05) is 0 Å². The van der Waals surface area contributed by atoms with Crippen molar-refractivity contribution in [2.24, 2.45) is 24.6 Å². The normalized spacial score (nSPS) is 23.9. The third-order valence-electron chi connectivity index (χ3n) is 6.48. The van der Waals surface area contributed by atoms with E-state index in [0.717, 1.165) is 35.4 Å². The molecule has 1 heterocycles. The van der Waals surface area contributed by atoms with Crippen LogP contribution in [0.1, 0.15) is 24.0 Å². The van der Waals surface area contributed by atoms with Gasteiger partial charge in [-0.05, 0) is 90.6 Å². The maximum atomic E-state index is 13.2. The number of hydrogen-bond acceptors (Lipinski definition) is 2. The van der Waals surface area contributed by atoms with E-state index in [4.69, 9.17) is 10.8 Å². The van der Waals surface area contributed by atoms with Gasteiger partial charge in [-0.15, -0.1) is 0 Å². The van der Waals surface area contributed by atoms with Crippen LogP contribution in [0.5, 0.6) is 0 Å². The molecule has 3 nitrogen and oxygen atoms in total. The van der Waals surface area contributed by atoms with E-state index >= 15 is 0 Å². The summed E-state index contributed by atoms with van der Waals surface area (Å²) in [6.45, 7) is 0. The van der Waals surface area contributed by atoms with Crippen molar-refractivity contribution in [1.29, 1.82) is 0 Å². The van der Waals surface area contributed by atoms with Gasteiger partial charge in [-0.2, -0.15) is 5.10 Å². The molecular formula is C23H24FN3. The number of hydrogen-bond donors (Lipinski definition) is 1. The van der Waals surface area contributed by atoms with Crippen LogP contribution >= 0.6 is 0 Å². The standard InChI is InChI=1S/C23H24FN3/c1-27-22(14-6-8-20(24)9-7-14)13-21(26-27)16-3-2-15-10-17-4-5-18(23(17)25)12-19(15)11-16/h2-3,6-9,11,13,17-18,23H,4-5,10,12,25H2,1H3/t17?,18?,23-/m1/s1. The SMILES string of the molecule is Cn1nc(-c2ccc3c(c2)CC2CCC(C3)[C@H]2N)cc1-c1ccc(F)cc1. The fourth-order valence-electron chi connectivity index (χ4n) is 4.91. The molecule has 27 heavy (non-hydrogen) atoms. The van der Waals surface area contributed by atoms with Gasteiger partial charge in [0.15, 0.2) is 0 Å². The molecule has 5 rings (SSSR count). The van der Waals surface area contributed by atoms with Crippen LogP contribution < -0.4 is 5.73 Å². The number of aromatic nitrogens is 2. The van der Waals surface area contributed by atoms with E-state index in [2.05, 4.69) is 24.3 Å². The Balaban J connectivity index is 1.50. The first-order valence-corrected chi connectivity index (χ1v) is 9.76. The van der Waals surface area contributed by atoms with Crippen molar-refractivity contribution in [3.63, 3.8) is 0 Å². The predicted molar refractivity (Wildman–Crippen MR) is 106 cm³/mol. The molecular weight excluding hydrogens is 337 g/mol. The monoisotopic (exact) mass is 361 g/mol. The summed E-state index contributed by atoms with van der Waals surface area (Å²) in [5.74, 6) is 1.03. The maximum Gasteiger partial charge on any atom is 0.123 e. The fraction of sp³-hybridized carbons (Fsp3) is 0.348. The quantitative estimate of drug-likeness (QED) is 0.738. The summed E-state index contributed by atoms with van der Waals surface area (Å²) in [5, 5.41) is 4.71. The summed E-state index contributed by atoms with van der Waals surface area (Å²) >= 11 is 0. The maximum absolute atomic E-state index is 13.2. The lowest BCUT2D eigenvalue weighted by Gasteiger charge is -2.15. The second-order valence-electron chi connectivity index (χ2n) is 8.11. The van der Waals surface area contributed by atoms with Gasteiger partial charge in [-0.3, -0.25) is 4.68 Å². The molecule has 1 saturated carbocycles. The number of benzene rings is 2. The molecule has 1 fully saturated rings. The van der Waals surface area contributed by atoms with Crippen LogP contribution in [0.3, 0.4) is 0 Å². The van der Waals surface area contributed by atoms with Crippen molar-refractivity contribution >= 4 is 0 Å². The highest BCUT2D eigenvalue weighted by Crippen LogP contribution is 2.40. The molecule has 2 unspecified atom stereocenters. The minimum Gasteiger partial charge on any atom is -0.327 e. The molecule has 2 N–H and O–H groups in total. The first kappa shape index (κ1) is 16.7. The summed E-state index contributed by atoms with van der Waals surface area (Å²) in [7, 11) is 1.93. The zero-order valence-corrected chi connectivity index (χ0v) is 15.5. The van der Waals surface area contributed by atoms with Crippen molar-refractivity contribution in [1.82, 2.24) is 9.78 Å². The van der Waals surface area contributed by atoms with Crippen LogP contribution in [0.25, 0.3) is 22.5 Å². The highest BCUT2D eigenvalue weighted by atomic mass is 19.1. The molecule has 0 aliphatic heterocycles. The van der Waals surface area contributed by atoms with Crippen molar-refractivity contribution in [2.45, 2.75) is 31.7 Å². The Morgan fingerprint density at radius 2 is 1.59 bits per heavy atom. The summed E-state index contributed by atoms with van der Waals surface area (Å²) in [6, 6.07) is 15.8. The van der Waals surface area contributed by atoms with Crippen LogP contribution in [-0.4, -0.2) is 15.8 Å². The fourth-order valence-corrected chi connectivity index (χ4v) is 4.91. The third-order valence-corrected chi connectivity index (χ3v) is 6.48. The second kappa shape index (κ2) is 6.31. The van der Waals surface area contributed by atoms with E-state index in [-0.39, 0.29) is 5.82 Å². The lowest BCUT2D eigenvalue weighted by atomic mass is 9.91. The Bertz CT molecular complexity index is 989. The molecule has 0 amide bonds. The van der Waals surface area contributed by atoms with E-state index in [1.807, 2.05) is 11.7 Å². The Kier molecular flexibility index (Phi) is 3.90. The number of rotatable bonds is 2. The van der Waals surface area contributed by atoms with E-state index in [9.17, 15) is 4.39 Å². The Labute approximate surface area is 159 Å². The highest BCUT2D eigenvalue weighted by molar-refractivity contribution is 5.69. The number of nitrogens with zero attached hydrogens (tertiary/aromatic N) is 2. The molecule has 2 aliphatic rings. The van der Waals surface area contributed by atoms with Gasteiger partial charge >= 0.3 is 0 Å². The number of nitrogens with two attached hydrogens (primary N) is 1. The summed E-state index contributed by atoms with van der Waals surface area (Å²) in [6.07, 6.45) is 4.72. The van der Waals surface area contributed by atoms with E-state index in [0.29, 0.717) is 17.9 Å². The largest absolute Gasteiger partial charge is 0.327 e. The van der Waals surface area contributed by atoms with Crippen LogP contribution in [-0.2, 0) is 19.9 Å². The molecule has 4 heteroatoms. The van der Waals surface area contributed by atoms with Gasteiger partial charge in [0.05, 0.1) is 11.4 Å². The lowest BCUT2D eigenvalue weighted by molar-refractivity contribution is 0.421. The van der Waals surface area contributed by atoms with E-state index < -0.39 is 0 Å². The third kappa shape index (κ3) is 2.88. The molecule has 138 valence electrons. The zero-order chi connectivity index (χ0) is 18.5. The average Bonchev–Trinajstić information content (AvgIpc) is 3.15. The Morgan fingerprint density at radius 3 is 2.33 bits per heavy atom. The predicted octanol–water partition coefficient (Wildman–Crippen LogP) is 4.35. The van der Waals surface area contributed by atoms with Gasteiger partial charge in [0.25, 0.3) is 0 Å². The van der Waals surface area contributed by atoms with Crippen molar-refractivity contribution in [3.8, 4) is 22.5 Å². The summed E-state index contributed by atoms with van der Waals surface area (Å²) in [4.78, 5) is 0. The molecule has 2 bridgehead atoms. The number of halogens is 1. The van der Waals surface area contributed by atoms with Gasteiger partial charge in [0, 0.05) is 18.7 Å². The minimum absolute atomic E-state index is 0.223. The summed E-state index contributed by atoms with van der Waals surface area (Å²) < 4.78 is 15.1. The zero-order valence-electron chi connectivity index (χ0n) is 15.5. The molecule has 2 aromatic carbocycles. The molecule has 3 atom stereocenters. The molecule has 2 aliphatic carbocycles. The van der Waals surface area contributed by atoms with Crippen LogP contribution in [0, 0.1) is 17.7 Å². The van der Waals surface area contributed by atoms with E-state index in [1.54, 1.807) is 12.1 Å². The van der Waals surface area contributed by atoms with Gasteiger partial charge in [-0.1, -0.05) is 12.1 Å². The molecule has 0 spiro atoms. The lowest BCUT2D eigenvalue weighted by Crippen LogP contribution is -2.31. The first-order valence-electron chi connectivity index (χ1n) is 9.76. The Morgan fingerprint density at radius 1 is 0.926 bits per heavy atom. The second-order valence-corrected chi connectivity index (χ2v) is 8.11. The summed E-state index contributed by atoms with van der Waals surface area (Å²) in [5.41, 5.74) is 13.4. The van der Waals surface area contributed by atoms with Crippen molar-refractivity contribution in [3.05, 3.63) is 65.5 Å². The van der Waals surface area contributed by atoms with Crippen LogP contribution in [0.2, 0.25) is 0 Å². The van der Waals surface area contributed by atoms with Gasteiger partial charge in [-0.25, -0.2) is 4.39 Å². The first-order chi connectivity index (χ1) is 13.1. The van der Waals surface area contributed by atoms with Gasteiger partial charge in [0.2, 0.25) is 0 Å².